The van der Waals surface area contributed by atoms with E-state index in [-0.39, 0.29) is 17.6 Å². The van der Waals surface area contributed by atoms with Crippen molar-refractivity contribution in [1.29, 1.82) is 0 Å². The molecule has 2 N–H and O–H groups in total. The van der Waals surface area contributed by atoms with Gasteiger partial charge in [-0.3, -0.25) is 9.59 Å². The molecule has 2 amide bonds. The fourth-order valence-corrected chi connectivity index (χ4v) is 5.38. The van der Waals surface area contributed by atoms with Crippen LogP contribution in [0.5, 0.6) is 5.75 Å². The van der Waals surface area contributed by atoms with Crippen molar-refractivity contribution in [2.24, 2.45) is 5.92 Å². The van der Waals surface area contributed by atoms with Gasteiger partial charge in [-0.2, -0.15) is 0 Å². The predicted octanol–water partition coefficient (Wildman–Crippen LogP) is 5.67. The van der Waals surface area contributed by atoms with E-state index in [9.17, 15) is 14.0 Å². The Morgan fingerprint density at radius 3 is 2.39 bits per heavy atom. The zero-order valence-electron chi connectivity index (χ0n) is 25.9. The Kier molecular flexibility index (Phi) is 9.97. The van der Waals surface area contributed by atoms with Crippen molar-refractivity contribution in [2.75, 3.05) is 60.0 Å². The Bertz CT molecular complexity index is 1610. The quantitative estimate of drug-likeness (QED) is 0.216. The highest BCUT2D eigenvalue weighted by Gasteiger charge is 2.23. The van der Waals surface area contributed by atoms with Crippen LogP contribution in [-0.2, 0) is 0 Å². The molecule has 2 heterocycles. The molecule has 3 aromatic carbocycles. The van der Waals surface area contributed by atoms with Crippen LogP contribution in [0.1, 0.15) is 41.0 Å². The highest BCUT2D eigenvalue weighted by atomic mass is 19.1. The second-order valence-corrected chi connectivity index (χ2v) is 11.8. The molecule has 8 nitrogen and oxygen atoms in total. The van der Waals surface area contributed by atoms with E-state index in [1.165, 1.54) is 12.1 Å². The molecule has 0 bridgehead atoms. The van der Waals surface area contributed by atoms with Gasteiger partial charge >= 0.3 is 0 Å². The molecule has 0 aliphatic carbocycles. The summed E-state index contributed by atoms with van der Waals surface area (Å²) in [5.41, 5.74) is 3.52. The fourth-order valence-electron chi connectivity index (χ4n) is 5.38. The van der Waals surface area contributed by atoms with Gasteiger partial charge in [0.25, 0.3) is 11.8 Å². The Morgan fingerprint density at radius 1 is 0.955 bits per heavy atom. The summed E-state index contributed by atoms with van der Waals surface area (Å²) >= 11 is 0. The number of furan rings is 1. The second-order valence-electron chi connectivity index (χ2n) is 11.8. The maximum atomic E-state index is 13.7. The van der Waals surface area contributed by atoms with Crippen molar-refractivity contribution >= 4 is 22.8 Å². The Hall–Kier alpha value is -4.21. The van der Waals surface area contributed by atoms with E-state index in [4.69, 9.17) is 9.15 Å². The molecule has 1 saturated heterocycles. The van der Waals surface area contributed by atoms with Gasteiger partial charge in [-0.15, -0.1) is 0 Å². The minimum Gasteiger partial charge on any atom is -0.493 e. The summed E-state index contributed by atoms with van der Waals surface area (Å²) in [5.74, 6) is 0.494. The maximum absolute atomic E-state index is 13.7. The highest BCUT2D eigenvalue weighted by molar-refractivity contribution is 6.12. The van der Waals surface area contributed by atoms with Gasteiger partial charge in [0, 0.05) is 68.4 Å². The van der Waals surface area contributed by atoms with Crippen LogP contribution in [0.25, 0.3) is 33.4 Å². The molecule has 4 aromatic rings. The van der Waals surface area contributed by atoms with Crippen LogP contribution < -0.4 is 15.4 Å². The van der Waals surface area contributed by atoms with Crippen molar-refractivity contribution in [3.8, 4) is 28.2 Å². The number of hydrogen-bond donors (Lipinski definition) is 2. The third kappa shape index (κ3) is 7.29. The molecule has 0 saturated carbocycles. The first-order valence-corrected chi connectivity index (χ1v) is 15.2. The smallest absolute Gasteiger partial charge is 0.255 e. The number of carbonyl (C=O) groups is 2. The topological polar surface area (TPSA) is 87.0 Å². The van der Waals surface area contributed by atoms with Crippen LogP contribution in [-0.4, -0.2) is 81.6 Å². The van der Waals surface area contributed by atoms with Gasteiger partial charge in [-0.05, 0) is 79.5 Å². The van der Waals surface area contributed by atoms with Crippen LogP contribution in [0.3, 0.4) is 0 Å². The molecule has 1 fully saturated rings. The van der Waals surface area contributed by atoms with Crippen LogP contribution in [0.15, 0.2) is 65.1 Å². The number of halogens is 1. The van der Waals surface area contributed by atoms with Crippen LogP contribution in [0, 0.1) is 11.7 Å². The van der Waals surface area contributed by atoms with Crippen LogP contribution in [0.4, 0.5) is 4.39 Å². The predicted molar refractivity (Wildman–Crippen MR) is 172 cm³/mol. The lowest BCUT2D eigenvalue weighted by Crippen LogP contribution is -2.44. The minimum absolute atomic E-state index is 0.157. The van der Waals surface area contributed by atoms with Gasteiger partial charge in [-0.1, -0.05) is 19.9 Å². The number of carbonyl (C=O) groups excluding carboxylic acids is 2. The summed E-state index contributed by atoms with van der Waals surface area (Å²) in [4.78, 5) is 31.0. The molecule has 232 valence electrons. The second kappa shape index (κ2) is 14.1. The zero-order valence-corrected chi connectivity index (χ0v) is 25.9. The Morgan fingerprint density at radius 2 is 1.68 bits per heavy atom. The molecule has 1 aliphatic heterocycles. The summed E-state index contributed by atoms with van der Waals surface area (Å²) in [6, 6.07) is 16.9. The van der Waals surface area contributed by atoms with E-state index in [2.05, 4.69) is 41.3 Å². The number of nitrogens with one attached hydrogen (secondary N) is 2. The largest absolute Gasteiger partial charge is 0.493 e. The van der Waals surface area contributed by atoms with Crippen LogP contribution >= 0.6 is 0 Å². The summed E-state index contributed by atoms with van der Waals surface area (Å²) in [5, 5.41) is 6.31. The molecular formula is C35H41FN4O4. The maximum Gasteiger partial charge on any atom is 0.255 e. The molecule has 1 aromatic heterocycles. The number of nitrogens with zero attached hydrogens (tertiary/aromatic N) is 2. The molecular weight excluding hydrogens is 559 g/mol. The van der Waals surface area contributed by atoms with Gasteiger partial charge in [0.15, 0.2) is 0 Å². The molecule has 0 spiro atoms. The number of fused-ring (bicyclic) bond motifs is 1. The number of benzene rings is 3. The first kappa shape index (κ1) is 31.2. The first-order valence-electron chi connectivity index (χ1n) is 15.2. The lowest BCUT2D eigenvalue weighted by Gasteiger charge is -2.32. The lowest BCUT2D eigenvalue weighted by atomic mass is 9.98. The van der Waals surface area contributed by atoms with E-state index >= 15 is 0 Å². The molecule has 5 rings (SSSR count). The van der Waals surface area contributed by atoms with E-state index < -0.39 is 0 Å². The van der Waals surface area contributed by atoms with E-state index in [0.717, 1.165) is 50.3 Å². The highest BCUT2D eigenvalue weighted by Crippen LogP contribution is 2.38. The molecule has 9 heteroatoms. The normalized spacial score (nSPS) is 14.2. The third-order valence-corrected chi connectivity index (χ3v) is 7.94. The number of rotatable bonds is 11. The SMILES string of the molecule is CNC(=O)c1c(-c2ccc(F)cc2)oc2ccc(-c3cc(C(=O)NCC(C)C)ccc3OCCCN3CCN(C)CC3)cc12. The minimum atomic E-state index is -0.373. The fraction of sp³-hybridized carbons (Fsp3) is 0.371. The number of ether oxygens (including phenoxy) is 1. The molecule has 44 heavy (non-hydrogen) atoms. The monoisotopic (exact) mass is 600 g/mol. The van der Waals surface area contributed by atoms with Crippen molar-refractivity contribution in [2.45, 2.75) is 20.3 Å². The molecule has 0 unspecified atom stereocenters. The van der Waals surface area contributed by atoms with E-state index in [1.54, 1.807) is 25.2 Å². The van der Waals surface area contributed by atoms with Gasteiger partial charge < -0.3 is 29.6 Å². The standard InChI is InChI=1S/C35H41FN4O4/c1-23(2)22-38-34(41)26-9-12-30(43-19-5-14-40-17-15-39(4)16-18-40)28(21-26)25-8-13-31-29(20-25)32(35(42)37-3)33(44-31)24-6-10-27(36)11-7-24/h6-13,20-21,23H,5,14-19,22H2,1-4H3,(H,37,42)(H,38,41). The van der Waals surface area contributed by atoms with Crippen molar-refractivity contribution in [1.82, 2.24) is 20.4 Å². The summed E-state index contributed by atoms with van der Waals surface area (Å²) in [6.07, 6.45) is 0.877. The van der Waals surface area contributed by atoms with Gasteiger partial charge in [0.2, 0.25) is 0 Å². The van der Waals surface area contributed by atoms with Crippen molar-refractivity contribution in [3.05, 3.63) is 77.6 Å². The van der Waals surface area contributed by atoms with Crippen LogP contribution in [0.2, 0.25) is 0 Å². The summed E-state index contributed by atoms with van der Waals surface area (Å²) in [7, 11) is 3.71. The number of likely N-dealkylation sites (N-methyl/N-ethyl adjacent to an activating group) is 1. The molecule has 0 radical (unpaired) electrons. The van der Waals surface area contributed by atoms with E-state index in [1.807, 2.05) is 30.3 Å². The first-order chi connectivity index (χ1) is 21.2. The summed E-state index contributed by atoms with van der Waals surface area (Å²) in [6.45, 7) is 10.4. The van der Waals surface area contributed by atoms with E-state index in [0.29, 0.717) is 58.2 Å². The van der Waals surface area contributed by atoms with Gasteiger partial charge in [0.05, 0.1) is 12.2 Å². The van der Waals surface area contributed by atoms with Gasteiger partial charge in [-0.25, -0.2) is 4.39 Å². The number of piperazine rings is 1. The lowest BCUT2D eigenvalue weighted by molar-refractivity contribution is 0.0945. The molecule has 1 aliphatic rings. The summed E-state index contributed by atoms with van der Waals surface area (Å²) < 4.78 is 26.1. The zero-order chi connectivity index (χ0) is 31.2. The number of amides is 2. The average molecular weight is 601 g/mol. The molecule has 0 atom stereocenters. The van der Waals surface area contributed by atoms with Crippen molar-refractivity contribution < 1.29 is 23.1 Å². The Balaban J connectivity index is 1.48. The third-order valence-electron chi connectivity index (χ3n) is 7.94. The Labute approximate surface area is 258 Å². The van der Waals surface area contributed by atoms with Crippen molar-refractivity contribution in [3.63, 3.8) is 0 Å². The number of hydrogen-bond acceptors (Lipinski definition) is 6. The van der Waals surface area contributed by atoms with Gasteiger partial charge in [0.1, 0.15) is 22.9 Å². The average Bonchev–Trinajstić information content (AvgIpc) is 3.41.